The highest BCUT2D eigenvalue weighted by Crippen LogP contribution is 2.26. The molecule has 1 N–H and O–H groups in total. The van der Waals surface area contributed by atoms with Crippen LogP contribution in [0.3, 0.4) is 0 Å². The van der Waals surface area contributed by atoms with Crippen LogP contribution in [-0.4, -0.2) is 19.3 Å². The summed E-state index contributed by atoms with van der Waals surface area (Å²) in [7, 11) is 1.46. The van der Waals surface area contributed by atoms with Crippen LogP contribution in [0.15, 0.2) is 22.7 Å². The smallest absolute Gasteiger partial charge is 0.316 e. The lowest BCUT2D eigenvalue weighted by molar-refractivity contribution is -0.139. The largest absolute Gasteiger partial charge is 0.390 e. The van der Waals surface area contributed by atoms with E-state index in [0.29, 0.717) is 5.56 Å². The van der Waals surface area contributed by atoms with Crippen LogP contribution in [0, 0.1) is 5.82 Å². The minimum absolute atomic E-state index is 0.119. The van der Waals surface area contributed by atoms with Gasteiger partial charge in [0.25, 0.3) is 0 Å². The van der Waals surface area contributed by atoms with Crippen LogP contribution in [0.1, 0.15) is 12.0 Å². The molecule has 17 heavy (non-hydrogen) atoms. The van der Waals surface area contributed by atoms with Gasteiger partial charge in [-0.25, -0.2) is 4.39 Å². The molecule has 1 atom stereocenters. The lowest BCUT2D eigenvalue weighted by Crippen LogP contribution is -2.33. The fourth-order valence-electron chi connectivity index (χ4n) is 1.53. The highest BCUT2D eigenvalue weighted by atomic mass is 79.9. The highest BCUT2D eigenvalue weighted by molar-refractivity contribution is 9.10. The van der Waals surface area contributed by atoms with Crippen molar-refractivity contribution in [2.75, 3.05) is 7.05 Å². The van der Waals surface area contributed by atoms with Crippen LogP contribution >= 0.6 is 15.9 Å². The van der Waals surface area contributed by atoms with Crippen LogP contribution in [-0.2, 0) is 6.42 Å². The van der Waals surface area contributed by atoms with E-state index in [-0.39, 0.29) is 10.9 Å². The Balaban J connectivity index is 2.77. The molecular weight excluding hydrogens is 302 g/mol. The standard InChI is InChI=1S/C11H12BrF4N/c1-17-8(6-11(14,15)16)5-7-3-2-4-9(13)10(7)12/h2-4,8,17H,5-6H2,1H3. The van der Waals surface area contributed by atoms with Crippen molar-refractivity contribution in [2.45, 2.75) is 25.1 Å². The molecule has 0 aliphatic carbocycles. The number of likely N-dealkylation sites (N-methyl/N-ethyl adjacent to an activating group) is 1. The van der Waals surface area contributed by atoms with Crippen molar-refractivity contribution < 1.29 is 17.6 Å². The zero-order chi connectivity index (χ0) is 13.1. The first-order valence-corrected chi connectivity index (χ1v) is 5.79. The molecule has 0 saturated carbocycles. The second-order valence-electron chi connectivity index (χ2n) is 3.72. The zero-order valence-electron chi connectivity index (χ0n) is 9.11. The number of nitrogens with one attached hydrogen (secondary N) is 1. The maximum absolute atomic E-state index is 13.2. The van der Waals surface area contributed by atoms with Gasteiger partial charge in [-0.1, -0.05) is 12.1 Å². The Bertz CT molecular complexity index is 378. The van der Waals surface area contributed by atoms with E-state index >= 15 is 0 Å². The third kappa shape index (κ3) is 4.63. The van der Waals surface area contributed by atoms with Gasteiger partial charge in [0.2, 0.25) is 0 Å². The van der Waals surface area contributed by atoms with E-state index in [9.17, 15) is 17.6 Å². The third-order valence-electron chi connectivity index (χ3n) is 2.38. The molecular formula is C11H12BrF4N. The van der Waals surface area contributed by atoms with Gasteiger partial charge in [0.1, 0.15) is 5.82 Å². The minimum atomic E-state index is -4.23. The molecule has 0 radical (unpaired) electrons. The van der Waals surface area contributed by atoms with E-state index in [1.807, 2.05) is 0 Å². The minimum Gasteiger partial charge on any atom is -0.316 e. The molecule has 0 amide bonds. The van der Waals surface area contributed by atoms with Gasteiger partial charge in [0.05, 0.1) is 10.9 Å². The summed E-state index contributed by atoms with van der Waals surface area (Å²) < 4.78 is 50.2. The average Bonchev–Trinajstić information content (AvgIpc) is 2.21. The molecule has 1 aromatic carbocycles. The molecule has 0 heterocycles. The van der Waals surface area contributed by atoms with E-state index in [0.717, 1.165) is 0 Å². The van der Waals surface area contributed by atoms with Gasteiger partial charge in [0.15, 0.2) is 0 Å². The van der Waals surface area contributed by atoms with Gasteiger partial charge in [-0.05, 0) is 41.0 Å². The summed E-state index contributed by atoms with van der Waals surface area (Å²) in [5.41, 5.74) is 0.522. The van der Waals surface area contributed by atoms with E-state index in [2.05, 4.69) is 21.2 Å². The zero-order valence-corrected chi connectivity index (χ0v) is 10.7. The molecule has 0 aromatic heterocycles. The molecule has 0 aliphatic heterocycles. The van der Waals surface area contributed by atoms with Gasteiger partial charge < -0.3 is 5.32 Å². The van der Waals surface area contributed by atoms with Crippen molar-refractivity contribution in [3.05, 3.63) is 34.1 Å². The van der Waals surface area contributed by atoms with Crippen LogP contribution in [0.5, 0.6) is 0 Å². The Morgan fingerprint density at radius 1 is 1.35 bits per heavy atom. The Morgan fingerprint density at radius 3 is 2.53 bits per heavy atom. The molecule has 0 bridgehead atoms. The summed E-state index contributed by atoms with van der Waals surface area (Å²) in [5.74, 6) is -0.468. The summed E-state index contributed by atoms with van der Waals surface area (Å²) >= 11 is 3.03. The molecule has 0 spiro atoms. The number of alkyl halides is 3. The fourth-order valence-corrected chi connectivity index (χ4v) is 1.95. The molecule has 6 heteroatoms. The van der Waals surface area contributed by atoms with Crippen molar-refractivity contribution in [3.8, 4) is 0 Å². The third-order valence-corrected chi connectivity index (χ3v) is 3.27. The van der Waals surface area contributed by atoms with Gasteiger partial charge in [-0.15, -0.1) is 0 Å². The van der Waals surface area contributed by atoms with Crippen molar-refractivity contribution in [1.29, 1.82) is 0 Å². The maximum atomic E-state index is 13.2. The topological polar surface area (TPSA) is 12.0 Å². The molecule has 96 valence electrons. The normalized spacial score (nSPS) is 13.8. The van der Waals surface area contributed by atoms with Crippen LogP contribution in [0.4, 0.5) is 17.6 Å². The Kier molecular flexibility index (Phi) is 4.94. The van der Waals surface area contributed by atoms with Crippen LogP contribution < -0.4 is 5.32 Å². The summed E-state index contributed by atoms with van der Waals surface area (Å²) in [4.78, 5) is 0. The summed E-state index contributed by atoms with van der Waals surface area (Å²) in [6, 6.07) is 3.59. The van der Waals surface area contributed by atoms with E-state index in [4.69, 9.17) is 0 Å². The van der Waals surface area contributed by atoms with Gasteiger partial charge >= 0.3 is 6.18 Å². The SMILES string of the molecule is CNC(Cc1cccc(F)c1Br)CC(F)(F)F. The first-order valence-electron chi connectivity index (χ1n) is 5.00. The molecule has 1 rings (SSSR count). The number of hydrogen-bond acceptors (Lipinski definition) is 1. The Morgan fingerprint density at radius 2 is 2.00 bits per heavy atom. The molecule has 1 unspecified atom stereocenters. The van der Waals surface area contributed by atoms with Gasteiger partial charge in [0, 0.05) is 6.04 Å². The predicted octanol–water partition coefficient (Wildman–Crippen LogP) is 3.67. The summed E-state index contributed by atoms with van der Waals surface area (Å²) in [6.45, 7) is 0. The summed E-state index contributed by atoms with van der Waals surface area (Å²) in [5, 5.41) is 2.59. The lowest BCUT2D eigenvalue weighted by Gasteiger charge is -2.18. The first-order chi connectivity index (χ1) is 7.83. The Hall–Kier alpha value is -0.620. The maximum Gasteiger partial charge on any atom is 0.390 e. The van der Waals surface area contributed by atoms with E-state index in [1.165, 1.54) is 19.2 Å². The number of hydrogen-bond donors (Lipinski definition) is 1. The quantitative estimate of drug-likeness (QED) is 0.836. The van der Waals surface area contributed by atoms with E-state index < -0.39 is 24.5 Å². The molecule has 0 aliphatic rings. The first kappa shape index (κ1) is 14.4. The van der Waals surface area contributed by atoms with Gasteiger partial charge in [-0.2, -0.15) is 13.2 Å². The monoisotopic (exact) mass is 313 g/mol. The molecule has 1 nitrogen and oxygen atoms in total. The average molecular weight is 314 g/mol. The van der Waals surface area contributed by atoms with Crippen molar-refractivity contribution >= 4 is 15.9 Å². The number of halogens is 5. The van der Waals surface area contributed by atoms with Crippen molar-refractivity contribution in [3.63, 3.8) is 0 Å². The second kappa shape index (κ2) is 5.82. The van der Waals surface area contributed by atoms with Crippen LogP contribution in [0.25, 0.3) is 0 Å². The van der Waals surface area contributed by atoms with Crippen molar-refractivity contribution in [1.82, 2.24) is 5.32 Å². The number of rotatable bonds is 4. The molecule has 0 saturated heterocycles. The van der Waals surface area contributed by atoms with E-state index in [1.54, 1.807) is 6.07 Å². The fraction of sp³-hybridized carbons (Fsp3) is 0.455. The van der Waals surface area contributed by atoms with Crippen molar-refractivity contribution in [2.24, 2.45) is 0 Å². The Labute approximate surface area is 105 Å². The predicted molar refractivity (Wildman–Crippen MR) is 61.3 cm³/mol. The summed E-state index contributed by atoms with van der Waals surface area (Å²) in [6.07, 6.45) is -5.05. The molecule has 0 fully saturated rings. The number of benzene rings is 1. The highest BCUT2D eigenvalue weighted by Gasteiger charge is 2.31. The van der Waals surface area contributed by atoms with Crippen LogP contribution in [0.2, 0.25) is 0 Å². The van der Waals surface area contributed by atoms with Gasteiger partial charge in [-0.3, -0.25) is 0 Å². The molecule has 1 aromatic rings. The second-order valence-corrected chi connectivity index (χ2v) is 4.51. The lowest BCUT2D eigenvalue weighted by atomic mass is 10.0.